The molecule has 3 rings (SSSR count). The summed E-state index contributed by atoms with van der Waals surface area (Å²) in [5.41, 5.74) is 1.04. The first kappa shape index (κ1) is 23.6. The highest BCUT2D eigenvalue weighted by atomic mass is 32.2. The number of carbonyl (C=O) groups is 1. The highest BCUT2D eigenvalue weighted by Gasteiger charge is 2.23. The summed E-state index contributed by atoms with van der Waals surface area (Å²) in [5, 5.41) is 0.613. The highest BCUT2D eigenvalue weighted by molar-refractivity contribution is 7.99. The van der Waals surface area contributed by atoms with Gasteiger partial charge in [-0.1, -0.05) is 31.7 Å². The Morgan fingerprint density at radius 3 is 2.58 bits per heavy atom. The molecule has 2 aromatic rings. The quantitative estimate of drug-likeness (QED) is 0.489. The van der Waals surface area contributed by atoms with Crippen LogP contribution in [-0.4, -0.2) is 47.4 Å². The van der Waals surface area contributed by atoms with Crippen molar-refractivity contribution in [3.05, 3.63) is 54.3 Å². The molecule has 1 aliphatic rings. The number of aromatic nitrogens is 1. The van der Waals surface area contributed by atoms with Crippen molar-refractivity contribution in [3.8, 4) is 0 Å². The van der Waals surface area contributed by atoms with Crippen molar-refractivity contribution in [3.63, 3.8) is 0 Å². The number of nitrogens with zero attached hydrogens (tertiary/aromatic N) is 3. The third-order valence-corrected chi connectivity index (χ3v) is 8.17. The lowest BCUT2D eigenvalue weighted by Crippen LogP contribution is -2.32. The van der Waals surface area contributed by atoms with E-state index in [9.17, 15) is 13.2 Å². The van der Waals surface area contributed by atoms with Crippen LogP contribution in [0.4, 0.5) is 0 Å². The van der Waals surface area contributed by atoms with Gasteiger partial charge in [0.2, 0.25) is 15.9 Å². The van der Waals surface area contributed by atoms with Crippen LogP contribution in [0.1, 0.15) is 45.3 Å². The molecule has 2 heterocycles. The summed E-state index contributed by atoms with van der Waals surface area (Å²) >= 11 is 1.30. The number of hydrogen-bond acceptors (Lipinski definition) is 6. The van der Waals surface area contributed by atoms with E-state index in [1.807, 2.05) is 12.1 Å². The molecule has 0 fully saturated rings. The second-order valence-corrected chi connectivity index (χ2v) is 10.1. The first-order valence-corrected chi connectivity index (χ1v) is 13.0. The Labute approximate surface area is 188 Å². The van der Waals surface area contributed by atoms with Crippen LogP contribution in [0.5, 0.6) is 0 Å². The summed E-state index contributed by atoms with van der Waals surface area (Å²) in [6.07, 6.45) is 9.20. The smallest absolute Gasteiger partial charge is 0.244 e. The van der Waals surface area contributed by atoms with Crippen molar-refractivity contribution in [1.29, 1.82) is 0 Å². The lowest BCUT2D eigenvalue weighted by atomic mass is 10.0. The first-order valence-electron chi connectivity index (χ1n) is 10.6. The maximum Gasteiger partial charge on any atom is 0.244 e. The molecule has 7 nitrogen and oxygen atoms in total. The number of pyridine rings is 1. The number of furan rings is 1. The standard InChI is InChI=1S/C22H29N3O4S2/c1-3-24(4-2)31(27,28)20-12-13-21(23-15-20)30-17-22(26)25(16-19-11-8-14-29-19)18-9-6-5-7-10-18/h8-9,11-15H,3-7,10,16-17H2,1-2H3. The van der Waals surface area contributed by atoms with Crippen LogP contribution in [0.15, 0.2) is 62.8 Å². The molecule has 0 unspecified atom stereocenters. The molecule has 31 heavy (non-hydrogen) atoms. The van der Waals surface area contributed by atoms with Gasteiger partial charge >= 0.3 is 0 Å². The Morgan fingerprint density at radius 2 is 2.00 bits per heavy atom. The van der Waals surface area contributed by atoms with Gasteiger partial charge in [-0.3, -0.25) is 4.79 Å². The van der Waals surface area contributed by atoms with Crippen LogP contribution in [0, 0.1) is 0 Å². The molecule has 0 N–H and O–H groups in total. The monoisotopic (exact) mass is 463 g/mol. The molecule has 0 bridgehead atoms. The fraction of sp³-hybridized carbons (Fsp3) is 0.455. The third kappa shape index (κ3) is 5.99. The van der Waals surface area contributed by atoms with Gasteiger partial charge in [-0.2, -0.15) is 4.31 Å². The van der Waals surface area contributed by atoms with Crippen LogP contribution < -0.4 is 0 Å². The zero-order valence-electron chi connectivity index (χ0n) is 18.0. The van der Waals surface area contributed by atoms with Gasteiger partial charge in [-0.05, 0) is 49.9 Å². The zero-order valence-corrected chi connectivity index (χ0v) is 19.6. The van der Waals surface area contributed by atoms with Crippen LogP contribution in [0.25, 0.3) is 0 Å². The second kappa shape index (κ2) is 11.0. The fourth-order valence-corrected chi connectivity index (χ4v) is 5.63. The van der Waals surface area contributed by atoms with E-state index in [-0.39, 0.29) is 16.6 Å². The molecule has 0 saturated heterocycles. The average Bonchev–Trinajstić information content (AvgIpc) is 3.31. The van der Waals surface area contributed by atoms with E-state index in [0.717, 1.165) is 37.1 Å². The minimum absolute atomic E-state index is 0.0174. The van der Waals surface area contributed by atoms with Crippen LogP contribution >= 0.6 is 11.8 Å². The van der Waals surface area contributed by atoms with Gasteiger partial charge in [-0.15, -0.1) is 0 Å². The van der Waals surface area contributed by atoms with Gasteiger partial charge in [0.05, 0.1) is 23.6 Å². The topological polar surface area (TPSA) is 83.7 Å². The van der Waals surface area contributed by atoms with E-state index < -0.39 is 10.0 Å². The van der Waals surface area contributed by atoms with Gasteiger partial charge in [0.1, 0.15) is 10.7 Å². The number of allylic oxidation sites excluding steroid dienone is 2. The van der Waals surface area contributed by atoms with Crippen LogP contribution in [-0.2, 0) is 21.4 Å². The summed E-state index contributed by atoms with van der Waals surface area (Å²) in [6.45, 7) is 4.84. The summed E-state index contributed by atoms with van der Waals surface area (Å²) in [6, 6.07) is 6.90. The molecule has 0 atom stereocenters. The van der Waals surface area contributed by atoms with Crippen molar-refractivity contribution in [1.82, 2.24) is 14.2 Å². The van der Waals surface area contributed by atoms with Crippen molar-refractivity contribution < 1.29 is 17.6 Å². The number of hydrogen-bond donors (Lipinski definition) is 0. The Bertz CT molecular complexity index is 982. The van der Waals surface area contributed by atoms with Crippen LogP contribution in [0.2, 0.25) is 0 Å². The fourth-order valence-electron chi connectivity index (χ4n) is 3.51. The molecule has 9 heteroatoms. The van der Waals surface area contributed by atoms with Crippen molar-refractivity contribution in [2.45, 2.75) is 56.0 Å². The van der Waals surface area contributed by atoms with Gasteiger partial charge in [0, 0.05) is 25.0 Å². The van der Waals surface area contributed by atoms with Gasteiger partial charge < -0.3 is 9.32 Å². The molecule has 1 aliphatic carbocycles. The number of rotatable bonds is 10. The van der Waals surface area contributed by atoms with Gasteiger partial charge in [0.25, 0.3) is 0 Å². The number of thioether (sulfide) groups is 1. The first-order chi connectivity index (χ1) is 15.0. The maximum absolute atomic E-state index is 13.0. The minimum atomic E-state index is -3.54. The molecular weight excluding hydrogens is 434 g/mol. The Balaban J connectivity index is 1.67. The van der Waals surface area contributed by atoms with E-state index >= 15 is 0 Å². The molecule has 0 spiro atoms. The van der Waals surface area contributed by atoms with E-state index in [2.05, 4.69) is 11.1 Å². The highest BCUT2D eigenvalue weighted by Crippen LogP contribution is 2.25. The summed E-state index contributed by atoms with van der Waals surface area (Å²) in [7, 11) is -3.54. The van der Waals surface area contributed by atoms with Crippen molar-refractivity contribution >= 4 is 27.7 Å². The number of carbonyl (C=O) groups excluding carboxylic acids is 1. The summed E-state index contributed by atoms with van der Waals surface area (Å²) < 4.78 is 32.0. The summed E-state index contributed by atoms with van der Waals surface area (Å²) in [5.74, 6) is 0.942. The Kier molecular flexibility index (Phi) is 8.34. The maximum atomic E-state index is 13.0. The molecular formula is C22H29N3O4S2. The average molecular weight is 464 g/mol. The van der Waals surface area contributed by atoms with Crippen LogP contribution in [0.3, 0.4) is 0 Å². The van der Waals surface area contributed by atoms with Crippen molar-refractivity contribution in [2.24, 2.45) is 0 Å². The van der Waals surface area contributed by atoms with Gasteiger partial charge in [0.15, 0.2) is 0 Å². The predicted molar refractivity (Wildman–Crippen MR) is 121 cm³/mol. The molecule has 0 radical (unpaired) electrons. The Hall–Kier alpha value is -2.10. The molecule has 0 saturated carbocycles. The predicted octanol–water partition coefficient (Wildman–Crippen LogP) is 4.28. The molecule has 0 aromatic carbocycles. The Morgan fingerprint density at radius 1 is 1.19 bits per heavy atom. The zero-order chi connectivity index (χ0) is 22.3. The molecule has 2 aromatic heterocycles. The van der Waals surface area contributed by atoms with E-state index in [1.165, 1.54) is 22.3 Å². The lowest BCUT2D eigenvalue weighted by Gasteiger charge is -2.27. The number of sulfonamides is 1. The lowest BCUT2D eigenvalue weighted by molar-refractivity contribution is -0.127. The second-order valence-electron chi connectivity index (χ2n) is 7.21. The van der Waals surface area contributed by atoms with Crippen molar-refractivity contribution in [2.75, 3.05) is 18.8 Å². The molecule has 1 amide bonds. The van der Waals surface area contributed by atoms with E-state index in [4.69, 9.17) is 4.42 Å². The summed E-state index contributed by atoms with van der Waals surface area (Å²) in [4.78, 5) is 19.3. The largest absolute Gasteiger partial charge is 0.467 e. The SMILES string of the molecule is CCN(CC)S(=O)(=O)c1ccc(SCC(=O)N(Cc2ccco2)C2=CCCCC2)nc1. The van der Waals surface area contributed by atoms with E-state index in [0.29, 0.717) is 24.7 Å². The normalized spacial score (nSPS) is 14.5. The third-order valence-electron chi connectivity index (χ3n) is 5.20. The number of amides is 1. The minimum Gasteiger partial charge on any atom is -0.467 e. The van der Waals surface area contributed by atoms with E-state index in [1.54, 1.807) is 37.1 Å². The molecule has 0 aliphatic heterocycles. The van der Waals surface area contributed by atoms with Gasteiger partial charge in [-0.25, -0.2) is 13.4 Å². The molecule has 168 valence electrons.